The number of hydrogen-bond donors (Lipinski definition) is 2. The molecule has 0 heterocycles. The molecule has 14 heavy (non-hydrogen) atoms. The summed E-state index contributed by atoms with van der Waals surface area (Å²) in [6.07, 6.45) is 2.25. The summed E-state index contributed by atoms with van der Waals surface area (Å²) in [6.45, 7) is 6.56. The Kier molecular flexibility index (Phi) is 12.9. The molecule has 0 fully saturated rings. The molecule has 0 aliphatic rings. The fourth-order valence-corrected chi connectivity index (χ4v) is 0.363. The molecule has 5 nitrogen and oxygen atoms in total. The Morgan fingerprint density at radius 2 is 1.43 bits per heavy atom. The molecule has 0 aliphatic carbocycles. The summed E-state index contributed by atoms with van der Waals surface area (Å²) in [7, 11) is 1.86. The van der Waals surface area contributed by atoms with Crippen molar-refractivity contribution in [2.24, 2.45) is 0 Å². The van der Waals surface area contributed by atoms with E-state index in [4.69, 9.17) is 0 Å². The van der Waals surface area contributed by atoms with Crippen LogP contribution >= 0.6 is 0 Å². The molecule has 0 rings (SSSR count). The average Bonchev–Trinajstić information content (AvgIpc) is 2.18. The van der Waals surface area contributed by atoms with Crippen LogP contribution in [0.5, 0.6) is 0 Å². The highest BCUT2D eigenvalue weighted by Crippen LogP contribution is 1.65. The Morgan fingerprint density at radius 1 is 1.14 bits per heavy atom. The standard InChI is InChI=1S/C7H10N2O2.H6OSi2/c1-3-6(10)8-5-9-7(11)4-2;2-1-3/h3-4H,1-2,5H2,(H,8,10)(H,9,11);2-3H3. The summed E-state index contributed by atoms with van der Waals surface area (Å²) >= 11 is 0. The summed E-state index contributed by atoms with van der Waals surface area (Å²) in [5.41, 5.74) is 0. The SMILES string of the molecule is C=CC(=O)NCNC(=O)C=C.[SiH3]O[SiH3]. The lowest BCUT2D eigenvalue weighted by molar-refractivity contribution is -0.118. The predicted octanol–water partition coefficient (Wildman–Crippen LogP) is -2.89. The minimum absolute atomic E-state index is 0.0930. The van der Waals surface area contributed by atoms with Gasteiger partial charge >= 0.3 is 0 Å². The van der Waals surface area contributed by atoms with Gasteiger partial charge in [-0.05, 0) is 12.2 Å². The number of nitrogens with one attached hydrogen (secondary N) is 2. The highest BCUT2D eigenvalue weighted by Gasteiger charge is 1.93. The van der Waals surface area contributed by atoms with E-state index in [1.54, 1.807) is 0 Å². The van der Waals surface area contributed by atoms with Crippen LogP contribution in [0.2, 0.25) is 0 Å². The highest BCUT2D eigenvalue weighted by molar-refractivity contribution is 6.15. The minimum Gasteiger partial charge on any atom is -0.471 e. The molecular weight excluding hydrogens is 216 g/mol. The van der Waals surface area contributed by atoms with E-state index in [1.165, 1.54) is 0 Å². The maximum absolute atomic E-state index is 10.5. The van der Waals surface area contributed by atoms with Gasteiger partial charge in [0.2, 0.25) is 11.8 Å². The topological polar surface area (TPSA) is 67.4 Å². The third-order valence-electron chi connectivity index (χ3n) is 0.896. The van der Waals surface area contributed by atoms with E-state index >= 15 is 0 Å². The molecule has 0 atom stereocenters. The zero-order valence-electron chi connectivity index (χ0n) is 8.50. The second-order valence-electron chi connectivity index (χ2n) is 2.08. The van der Waals surface area contributed by atoms with Gasteiger partial charge in [0.1, 0.15) is 21.0 Å². The summed E-state index contributed by atoms with van der Waals surface area (Å²) < 4.78 is 4.53. The molecule has 0 radical (unpaired) electrons. The van der Waals surface area contributed by atoms with Crippen molar-refractivity contribution in [2.45, 2.75) is 0 Å². The van der Waals surface area contributed by atoms with Crippen molar-refractivity contribution in [3.05, 3.63) is 25.3 Å². The van der Waals surface area contributed by atoms with Gasteiger partial charge < -0.3 is 14.7 Å². The average molecular weight is 232 g/mol. The second-order valence-corrected chi connectivity index (χ2v) is 5.34. The van der Waals surface area contributed by atoms with Crippen molar-refractivity contribution in [3.8, 4) is 0 Å². The van der Waals surface area contributed by atoms with Gasteiger partial charge in [0.15, 0.2) is 0 Å². The Morgan fingerprint density at radius 3 is 1.64 bits per heavy atom. The first-order valence-electron chi connectivity index (χ1n) is 3.83. The van der Waals surface area contributed by atoms with Crippen LogP contribution in [0.3, 0.4) is 0 Å². The lowest BCUT2D eigenvalue weighted by atomic mass is 10.5. The van der Waals surface area contributed by atoms with E-state index in [-0.39, 0.29) is 18.5 Å². The second kappa shape index (κ2) is 11.8. The van der Waals surface area contributed by atoms with Gasteiger partial charge in [0, 0.05) is 0 Å². The number of rotatable bonds is 4. The van der Waals surface area contributed by atoms with Gasteiger partial charge in [0.25, 0.3) is 0 Å². The first-order valence-corrected chi connectivity index (χ1v) is 5.46. The minimum atomic E-state index is -0.325. The molecule has 0 spiro atoms. The third-order valence-corrected chi connectivity index (χ3v) is 0.896. The smallest absolute Gasteiger partial charge is 0.244 e. The molecule has 2 N–H and O–H groups in total. The van der Waals surface area contributed by atoms with Crippen molar-refractivity contribution < 1.29 is 13.7 Å². The van der Waals surface area contributed by atoms with E-state index in [0.29, 0.717) is 0 Å². The fourth-order valence-electron chi connectivity index (χ4n) is 0.363. The van der Waals surface area contributed by atoms with Crippen molar-refractivity contribution in [2.75, 3.05) is 6.67 Å². The van der Waals surface area contributed by atoms with Crippen LogP contribution < -0.4 is 10.6 Å². The van der Waals surface area contributed by atoms with Crippen molar-refractivity contribution in [3.63, 3.8) is 0 Å². The summed E-state index contributed by atoms with van der Waals surface area (Å²) in [4.78, 5) is 21.0. The Labute approximate surface area is 89.7 Å². The van der Waals surface area contributed by atoms with Crippen LogP contribution in [0.1, 0.15) is 0 Å². The van der Waals surface area contributed by atoms with Gasteiger partial charge in [-0.15, -0.1) is 0 Å². The summed E-state index contributed by atoms with van der Waals surface area (Å²) in [5, 5.41) is 4.72. The van der Waals surface area contributed by atoms with Gasteiger partial charge in [-0.1, -0.05) is 13.2 Å². The van der Waals surface area contributed by atoms with Gasteiger partial charge in [-0.25, -0.2) is 0 Å². The quantitative estimate of drug-likeness (QED) is 0.311. The Hall–Kier alpha value is -1.19. The van der Waals surface area contributed by atoms with Crippen molar-refractivity contribution in [1.82, 2.24) is 10.6 Å². The molecule has 0 saturated carbocycles. The third kappa shape index (κ3) is 13.4. The van der Waals surface area contributed by atoms with Gasteiger partial charge in [-0.3, -0.25) is 9.59 Å². The molecule has 0 aromatic heterocycles. The first-order chi connectivity index (χ1) is 6.62. The fraction of sp³-hybridized carbons (Fsp3) is 0.143. The van der Waals surface area contributed by atoms with Crippen LogP contribution in [0.15, 0.2) is 25.3 Å². The van der Waals surface area contributed by atoms with Gasteiger partial charge in [0.05, 0.1) is 6.67 Å². The summed E-state index contributed by atoms with van der Waals surface area (Å²) in [6, 6.07) is 0. The molecule has 0 saturated heterocycles. The maximum atomic E-state index is 10.5. The van der Waals surface area contributed by atoms with E-state index in [1.807, 2.05) is 0 Å². The van der Waals surface area contributed by atoms with E-state index in [9.17, 15) is 9.59 Å². The largest absolute Gasteiger partial charge is 0.471 e. The molecule has 80 valence electrons. The molecule has 0 aromatic carbocycles. The lowest BCUT2D eigenvalue weighted by Gasteiger charge is -2.01. The number of hydrogen-bond acceptors (Lipinski definition) is 3. The maximum Gasteiger partial charge on any atom is 0.244 e. The van der Waals surface area contributed by atoms with E-state index in [2.05, 4.69) is 27.9 Å². The van der Waals surface area contributed by atoms with Gasteiger partial charge in [-0.2, -0.15) is 0 Å². The van der Waals surface area contributed by atoms with Crippen LogP contribution in [0, 0.1) is 0 Å². The Balaban J connectivity index is 0. The zero-order valence-corrected chi connectivity index (χ0v) is 12.5. The summed E-state index contributed by atoms with van der Waals surface area (Å²) in [5.74, 6) is -0.649. The van der Waals surface area contributed by atoms with Crippen LogP contribution in [-0.2, 0) is 13.7 Å². The lowest BCUT2D eigenvalue weighted by Crippen LogP contribution is -2.35. The molecule has 2 amide bonds. The van der Waals surface area contributed by atoms with E-state index < -0.39 is 0 Å². The number of carbonyl (C=O) groups excluding carboxylic acids is 2. The number of carbonyl (C=O) groups is 2. The van der Waals surface area contributed by atoms with E-state index in [0.717, 1.165) is 33.1 Å². The molecule has 0 aromatic rings. The van der Waals surface area contributed by atoms with Crippen molar-refractivity contribution in [1.29, 1.82) is 0 Å². The molecule has 0 aliphatic heterocycles. The highest BCUT2D eigenvalue weighted by atomic mass is 28.3. The normalized spacial score (nSPS) is 8.00. The number of amides is 2. The Bertz CT molecular complexity index is 189. The van der Waals surface area contributed by atoms with Crippen LogP contribution in [0.25, 0.3) is 0 Å². The first kappa shape index (κ1) is 15.3. The molecule has 0 bridgehead atoms. The molecular formula is C7H16N2O3Si2. The zero-order chi connectivity index (χ0) is 11.4. The van der Waals surface area contributed by atoms with Crippen LogP contribution in [-0.4, -0.2) is 39.5 Å². The molecule has 7 heteroatoms. The van der Waals surface area contributed by atoms with Crippen LogP contribution in [0.4, 0.5) is 0 Å². The predicted molar refractivity (Wildman–Crippen MR) is 62.5 cm³/mol. The monoisotopic (exact) mass is 232 g/mol. The van der Waals surface area contributed by atoms with Crippen molar-refractivity contribution >= 4 is 32.8 Å². The molecule has 0 unspecified atom stereocenters.